The van der Waals surface area contributed by atoms with E-state index in [1.54, 1.807) is 60.7 Å². The number of para-hydroxylation sites is 1. The molecule has 36 heavy (non-hydrogen) atoms. The van der Waals surface area contributed by atoms with E-state index in [0.29, 0.717) is 36.0 Å². The van der Waals surface area contributed by atoms with E-state index in [-0.39, 0.29) is 4.90 Å². The molecule has 0 fully saturated rings. The minimum Gasteiger partial charge on any atom is -0.490 e. The molecule has 8 nitrogen and oxygen atoms in total. The molecule has 1 N–H and O–H groups in total. The Balaban J connectivity index is 1.75. The van der Waals surface area contributed by atoms with Gasteiger partial charge < -0.3 is 9.47 Å². The maximum absolute atomic E-state index is 13.4. The van der Waals surface area contributed by atoms with Crippen molar-refractivity contribution in [3.63, 3.8) is 0 Å². The molecule has 3 aromatic carbocycles. The van der Waals surface area contributed by atoms with Gasteiger partial charge in [0, 0.05) is 0 Å². The average molecular weight is 510 g/mol. The van der Waals surface area contributed by atoms with Crippen molar-refractivity contribution >= 4 is 27.8 Å². The number of sulfonamides is 1. The Morgan fingerprint density at radius 2 is 1.69 bits per heavy atom. The Bertz CT molecular complexity index is 1280. The van der Waals surface area contributed by atoms with E-state index >= 15 is 0 Å². The fraction of sp³-hybridized carbons (Fsp3) is 0.259. The first-order valence-corrected chi connectivity index (χ1v) is 13.1. The lowest BCUT2D eigenvalue weighted by atomic mass is 10.2. The van der Waals surface area contributed by atoms with Crippen LogP contribution in [0.1, 0.15) is 31.4 Å². The zero-order valence-electron chi connectivity index (χ0n) is 20.7. The van der Waals surface area contributed by atoms with E-state index in [2.05, 4.69) is 10.5 Å². The van der Waals surface area contributed by atoms with Gasteiger partial charge in [0.15, 0.2) is 11.5 Å². The molecule has 0 heterocycles. The molecule has 0 radical (unpaired) electrons. The number of carbonyl (C=O) groups excluding carboxylic acids is 1. The smallest absolute Gasteiger partial charge is 0.264 e. The third kappa shape index (κ3) is 7.08. The summed E-state index contributed by atoms with van der Waals surface area (Å²) >= 11 is 0. The van der Waals surface area contributed by atoms with Crippen LogP contribution in [0.3, 0.4) is 0 Å². The first-order chi connectivity index (χ1) is 17.3. The highest BCUT2D eigenvalue weighted by atomic mass is 32.2. The minimum absolute atomic E-state index is 0.0992. The number of hydrazone groups is 1. The van der Waals surface area contributed by atoms with Crippen LogP contribution in [0.2, 0.25) is 0 Å². The Labute approximate surface area is 212 Å². The maximum atomic E-state index is 13.4. The van der Waals surface area contributed by atoms with Gasteiger partial charge in [0.25, 0.3) is 15.9 Å². The molecule has 0 aliphatic rings. The lowest BCUT2D eigenvalue weighted by Gasteiger charge is -2.23. The predicted molar refractivity (Wildman–Crippen MR) is 141 cm³/mol. The summed E-state index contributed by atoms with van der Waals surface area (Å²) in [4.78, 5) is 12.8. The summed E-state index contributed by atoms with van der Waals surface area (Å²) in [6.45, 7) is 6.39. The van der Waals surface area contributed by atoms with Gasteiger partial charge in [0.05, 0.1) is 30.0 Å². The third-order valence-electron chi connectivity index (χ3n) is 5.07. The Kier molecular flexibility index (Phi) is 9.46. The SMILES string of the molecule is CCCOc1ccc(/C=N\NC(=O)CN(c2ccccc2)S(=O)(=O)c2ccc(C)cc2)cc1OCC. The molecule has 0 saturated carbocycles. The first-order valence-electron chi connectivity index (χ1n) is 11.7. The molecule has 0 bridgehead atoms. The van der Waals surface area contributed by atoms with Crippen molar-refractivity contribution in [3.8, 4) is 11.5 Å². The van der Waals surface area contributed by atoms with Crippen molar-refractivity contribution in [2.75, 3.05) is 24.1 Å². The van der Waals surface area contributed by atoms with E-state index in [1.165, 1.54) is 18.3 Å². The van der Waals surface area contributed by atoms with Gasteiger partial charge in [-0.1, -0.05) is 42.8 Å². The molecule has 190 valence electrons. The van der Waals surface area contributed by atoms with Gasteiger partial charge >= 0.3 is 0 Å². The summed E-state index contributed by atoms with van der Waals surface area (Å²) in [5.74, 6) is 0.638. The molecule has 0 aliphatic carbocycles. The molecule has 1 amide bonds. The van der Waals surface area contributed by atoms with Crippen LogP contribution in [0.4, 0.5) is 5.69 Å². The van der Waals surface area contributed by atoms with Crippen LogP contribution >= 0.6 is 0 Å². The first kappa shape index (κ1) is 26.7. The monoisotopic (exact) mass is 509 g/mol. The molecule has 0 spiro atoms. The van der Waals surface area contributed by atoms with Crippen LogP contribution < -0.4 is 19.2 Å². The predicted octanol–water partition coefficient (Wildman–Crippen LogP) is 4.53. The average Bonchev–Trinajstić information content (AvgIpc) is 2.87. The number of hydrogen-bond donors (Lipinski definition) is 1. The number of aryl methyl sites for hydroxylation is 1. The van der Waals surface area contributed by atoms with Crippen LogP contribution in [0.25, 0.3) is 0 Å². The number of nitrogens with zero attached hydrogens (tertiary/aromatic N) is 2. The van der Waals surface area contributed by atoms with E-state index in [9.17, 15) is 13.2 Å². The van der Waals surface area contributed by atoms with Crippen molar-refractivity contribution in [2.24, 2.45) is 5.10 Å². The van der Waals surface area contributed by atoms with Gasteiger partial charge in [-0.05, 0) is 68.3 Å². The molecule has 3 rings (SSSR count). The van der Waals surface area contributed by atoms with Crippen LogP contribution in [0.15, 0.2) is 82.8 Å². The second-order valence-corrected chi connectivity index (χ2v) is 9.80. The lowest BCUT2D eigenvalue weighted by Crippen LogP contribution is -2.39. The van der Waals surface area contributed by atoms with Crippen LogP contribution in [-0.4, -0.2) is 40.3 Å². The highest BCUT2D eigenvalue weighted by Gasteiger charge is 2.27. The van der Waals surface area contributed by atoms with Crippen LogP contribution in [-0.2, 0) is 14.8 Å². The standard InChI is InChI=1S/C27H31N3O5S/c1-4-17-35-25-16-13-22(18-26(25)34-5-2)19-28-29-27(31)20-30(23-9-7-6-8-10-23)36(32,33)24-14-11-21(3)12-15-24/h6-16,18-19H,4-5,17,20H2,1-3H3,(H,29,31)/b28-19-. The Morgan fingerprint density at radius 1 is 0.972 bits per heavy atom. The summed E-state index contributed by atoms with van der Waals surface area (Å²) in [6.07, 6.45) is 2.34. The highest BCUT2D eigenvalue weighted by Crippen LogP contribution is 2.28. The fourth-order valence-corrected chi connectivity index (χ4v) is 4.72. The van der Waals surface area contributed by atoms with E-state index in [4.69, 9.17) is 9.47 Å². The molecule has 0 unspecified atom stereocenters. The summed E-state index contributed by atoms with van der Waals surface area (Å²) in [5.41, 5.74) is 4.42. The largest absolute Gasteiger partial charge is 0.490 e. The molecule has 0 aromatic heterocycles. The Morgan fingerprint density at radius 3 is 2.36 bits per heavy atom. The zero-order valence-corrected chi connectivity index (χ0v) is 21.5. The minimum atomic E-state index is -3.98. The van der Waals surface area contributed by atoms with E-state index in [1.807, 2.05) is 20.8 Å². The molecule has 9 heteroatoms. The summed E-state index contributed by atoms with van der Waals surface area (Å²) in [7, 11) is -3.98. The number of nitrogens with one attached hydrogen (secondary N) is 1. The van der Waals surface area contributed by atoms with Gasteiger partial charge in [-0.2, -0.15) is 5.10 Å². The van der Waals surface area contributed by atoms with Gasteiger partial charge in [-0.15, -0.1) is 0 Å². The summed E-state index contributed by atoms with van der Waals surface area (Å²) in [6, 6.07) is 20.3. The maximum Gasteiger partial charge on any atom is 0.264 e. The summed E-state index contributed by atoms with van der Waals surface area (Å²) < 4.78 is 39.1. The second-order valence-electron chi connectivity index (χ2n) is 7.94. The number of hydrogen-bond acceptors (Lipinski definition) is 6. The fourth-order valence-electron chi connectivity index (χ4n) is 3.30. The number of anilines is 1. The van der Waals surface area contributed by atoms with Crippen LogP contribution in [0.5, 0.6) is 11.5 Å². The zero-order chi connectivity index (χ0) is 26.0. The molecule has 0 saturated heterocycles. The number of carbonyl (C=O) groups is 1. The van der Waals surface area contributed by atoms with Gasteiger partial charge in [-0.3, -0.25) is 9.10 Å². The highest BCUT2D eigenvalue weighted by molar-refractivity contribution is 7.92. The molecular formula is C27H31N3O5S. The van der Waals surface area contributed by atoms with Crippen molar-refractivity contribution in [3.05, 3.63) is 83.9 Å². The van der Waals surface area contributed by atoms with Crippen molar-refractivity contribution in [2.45, 2.75) is 32.1 Å². The van der Waals surface area contributed by atoms with Gasteiger partial charge in [0.1, 0.15) is 6.54 Å². The van der Waals surface area contributed by atoms with E-state index < -0.39 is 22.5 Å². The molecule has 0 aliphatic heterocycles. The third-order valence-corrected chi connectivity index (χ3v) is 6.86. The van der Waals surface area contributed by atoms with Crippen molar-refractivity contribution in [1.29, 1.82) is 0 Å². The molecule has 0 atom stereocenters. The summed E-state index contributed by atoms with van der Waals surface area (Å²) in [5, 5.41) is 4.01. The quantitative estimate of drug-likeness (QED) is 0.286. The topological polar surface area (TPSA) is 97.3 Å². The van der Waals surface area contributed by atoms with Gasteiger partial charge in [0.2, 0.25) is 0 Å². The Hall–Kier alpha value is -3.85. The molecular weight excluding hydrogens is 478 g/mol. The van der Waals surface area contributed by atoms with Gasteiger partial charge in [-0.25, -0.2) is 13.8 Å². The number of amides is 1. The van der Waals surface area contributed by atoms with Crippen molar-refractivity contribution in [1.82, 2.24) is 5.43 Å². The van der Waals surface area contributed by atoms with Crippen LogP contribution in [0, 0.1) is 6.92 Å². The normalized spacial score (nSPS) is 11.3. The van der Waals surface area contributed by atoms with Crippen molar-refractivity contribution < 1.29 is 22.7 Å². The lowest BCUT2D eigenvalue weighted by molar-refractivity contribution is -0.119. The van der Waals surface area contributed by atoms with E-state index in [0.717, 1.165) is 16.3 Å². The number of ether oxygens (including phenoxy) is 2. The molecule has 3 aromatic rings. The second kappa shape index (κ2) is 12.7. The number of rotatable bonds is 12. The number of benzene rings is 3.